The van der Waals surface area contributed by atoms with Crippen LogP contribution in [0.5, 0.6) is 5.75 Å². The predicted molar refractivity (Wildman–Crippen MR) is 88.4 cm³/mol. The molecule has 0 aliphatic carbocycles. The lowest BCUT2D eigenvalue weighted by Gasteiger charge is -2.18. The van der Waals surface area contributed by atoms with E-state index in [-0.39, 0.29) is 10.8 Å². The molecule has 0 amide bonds. The van der Waals surface area contributed by atoms with Crippen molar-refractivity contribution in [2.24, 2.45) is 0 Å². The average Bonchev–Trinajstić information content (AvgIpc) is 2.77. The van der Waals surface area contributed by atoms with Crippen LogP contribution in [0.25, 0.3) is 0 Å². The van der Waals surface area contributed by atoms with Gasteiger partial charge in [0, 0.05) is 11.0 Å². The third-order valence-corrected chi connectivity index (χ3v) is 4.75. The second-order valence-corrected chi connectivity index (χ2v) is 7.05. The topological polar surface area (TPSA) is 9.23 Å². The average molecular weight is 301 g/mol. The molecule has 2 heteroatoms. The monoisotopic (exact) mass is 300 g/mol. The lowest BCUT2D eigenvalue weighted by molar-refractivity contribution is 0.291. The molecule has 0 radical (unpaired) electrons. The van der Waals surface area contributed by atoms with Crippen LogP contribution in [0.15, 0.2) is 42.5 Å². The van der Waals surface area contributed by atoms with Gasteiger partial charge in [-0.05, 0) is 42.2 Å². The number of aryl methyl sites for hydroxylation is 1. The molecule has 0 bridgehead atoms. The molecule has 0 saturated carbocycles. The molecule has 0 aromatic heterocycles. The summed E-state index contributed by atoms with van der Waals surface area (Å²) in [6, 6.07) is 14.8. The van der Waals surface area contributed by atoms with Crippen LogP contribution in [0.4, 0.5) is 0 Å². The van der Waals surface area contributed by atoms with Gasteiger partial charge >= 0.3 is 0 Å². The van der Waals surface area contributed by atoms with Crippen LogP contribution in [0.3, 0.4) is 0 Å². The molecule has 0 saturated heterocycles. The van der Waals surface area contributed by atoms with E-state index in [0.29, 0.717) is 0 Å². The molecule has 1 atom stereocenters. The summed E-state index contributed by atoms with van der Waals surface area (Å²) in [5, 5.41) is -0.00667. The number of hydrogen-bond acceptors (Lipinski definition) is 1. The number of benzene rings is 2. The number of fused-ring (bicyclic) bond motifs is 1. The minimum Gasteiger partial charge on any atom is -0.492 e. The van der Waals surface area contributed by atoms with Crippen LogP contribution in [-0.4, -0.2) is 6.61 Å². The van der Waals surface area contributed by atoms with Crippen LogP contribution >= 0.6 is 11.6 Å². The molecular weight excluding hydrogens is 280 g/mol. The van der Waals surface area contributed by atoms with Crippen LogP contribution in [0, 0.1) is 6.92 Å². The second kappa shape index (κ2) is 5.38. The van der Waals surface area contributed by atoms with Gasteiger partial charge in [-0.3, -0.25) is 0 Å². The van der Waals surface area contributed by atoms with Gasteiger partial charge in [-0.25, -0.2) is 0 Å². The zero-order valence-corrected chi connectivity index (χ0v) is 13.6. The molecule has 0 N–H and O–H groups in total. The minimum atomic E-state index is -0.00667. The summed E-state index contributed by atoms with van der Waals surface area (Å²) < 4.78 is 5.74. The van der Waals surface area contributed by atoms with Crippen LogP contribution in [0.1, 0.15) is 41.5 Å². The van der Waals surface area contributed by atoms with E-state index in [9.17, 15) is 0 Å². The molecular formula is C19H21ClO. The number of ether oxygens (including phenoxy) is 1. The van der Waals surface area contributed by atoms with Gasteiger partial charge in [-0.1, -0.05) is 44.2 Å². The van der Waals surface area contributed by atoms with E-state index in [1.54, 1.807) is 0 Å². The van der Waals surface area contributed by atoms with Crippen molar-refractivity contribution in [3.63, 3.8) is 0 Å². The summed E-state index contributed by atoms with van der Waals surface area (Å²) in [5.41, 5.74) is 5.14. The van der Waals surface area contributed by atoms with E-state index < -0.39 is 0 Å². The molecule has 2 aromatic rings. The summed E-state index contributed by atoms with van der Waals surface area (Å²) in [6.07, 6.45) is 0.855. The van der Waals surface area contributed by atoms with Crippen LogP contribution < -0.4 is 4.74 Å². The van der Waals surface area contributed by atoms with E-state index in [0.717, 1.165) is 18.8 Å². The first-order chi connectivity index (χ1) is 9.97. The van der Waals surface area contributed by atoms with Crippen molar-refractivity contribution >= 4 is 11.6 Å². The third kappa shape index (κ3) is 2.80. The summed E-state index contributed by atoms with van der Waals surface area (Å²) >= 11 is 6.67. The molecule has 21 heavy (non-hydrogen) atoms. The van der Waals surface area contributed by atoms with E-state index >= 15 is 0 Å². The van der Waals surface area contributed by atoms with Crippen LogP contribution in [0.2, 0.25) is 0 Å². The molecule has 3 rings (SSSR count). The maximum absolute atomic E-state index is 6.67. The van der Waals surface area contributed by atoms with E-state index in [4.69, 9.17) is 16.3 Å². The van der Waals surface area contributed by atoms with Crippen molar-refractivity contribution in [1.29, 1.82) is 0 Å². The first-order valence-corrected chi connectivity index (χ1v) is 7.87. The standard InChI is InChI=1S/C19H21ClO/c1-13-6-4-5-7-14(13)11-17(20)15-8-9-18-16(10-15)19(2,3)12-21-18/h4-10,17H,11-12H2,1-3H3. The van der Waals surface area contributed by atoms with Gasteiger partial charge < -0.3 is 4.74 Å². The Morgan fingerprint density at radius 2 is 1.95 bits per heavy atom. The highest BCUT2D eigenvalue weighted by Gasteiger charge is 2.32. The molecule has 2 aromatic carbocycles. The molecule has 0 spiro atoms. The van der Waals surface area contributed by atoms with Crippen molar-refractivity contribution in [2.45, 2.75) is 38.0 Å². The Balaban J connectivity index is 1.86. The molecule has 1 nitrogen and oxygen atoms in total. The van der Waals surface area contributed by atoms with Crippen molar-refractivity contribution in [2.75, 3.05) is 6.61 Å². The number of rotatable bonds is 3. The number of halogens is 1. The number of hydrogen-bond donors (Lipinski definition) is 0. The highest BCUT2D eigenvalue weighted by Crippen LogP contribution is 2.40. The SMILES string of the molecule is Cc1ccccc1CC(Cl)c1ccc2c(c1)C(C)(C)CO2. The zero-order chi connectivity index (χ0) is 15.0. The van der Waals surface area contributed by atoms with E-state index in [1.165, 1.54) is 22.3 Å². The first kappa shape index (κ1) is 14.5. The Bertz CT molecular complexity index is 660. The summed E-state index contributed by atoms with van der Waals surface area (Å²) in [4.78, 5) is 0. The fourth-order valence-corrected chi connectivity index (χ4v) is 3.19. The summed E-state index contributed by atoms with van der Waals surface area (Å²) in [7, 11) is 0. The fourth-order valence-electron chi connectivity index (χ4n) is 2.88. The van der Waals surface area contributed by atoms with Gasteiger partial charge in [0.05, 0.1) is 12.0 Å². The minimum absolute atomic E-state index is 0.00667. The summed E-state index contributed by atoms with van der Waals surface area (Å²) in [5.74, 6) is 1.00. The van der Waals surface area contributed by atoms with Crippen molar-refractivity contribution in [3.05, 3.63) is 64.7 Å². The van der Waals surface area contributed by atoms with Gasteiger partial charge in [-0.15, -0.1) is 11.6 Å². The highest BCUT2D eigenvalue weighted by molar-refractivity contribution is 6.21. The Kier molecular flexibility index (Phi) is 3.71. The van der Waals surface area contributed by atoms with E-state index in [1.807, 2.05) is 0 Å². The first-order valence-electron chi connectivity index (χ1n) is 7.43. The molecule has 0 fully saturated rings. The highest BCUT2D eigenvalue weighted by atomic mass is 35.5. The molecule has 1 heterocycles. The smallest absolute Gasteiger partial charge is 0.123 e. The fraction of sp³-hybridized carbons (Fsp3) is 0.368. The normalized spacial score (nSPS) is 17.1. The number of alkyl halides is 1. The zero-order valence-electron chi connectivity index (χ0n) is 12.8. The van der Waals surface area contributed by atoms with Crippen molar-refractivity contribution < 1.29 is 4.74 Å². The maximum Gasteiger partial charge on any atom is 0.123 e. The van der Waals surface area contributed by atoms with Crippen molar-refractivity contribution in [3.8, 4) is 5.75 Å². The Labute approximate surface area is 131 Å². The molecule has 1 unspecified atom stereocenters. The van der Waals surface area contributed by atoms with Gasteiger partial charge in [0.1, 0.15) is 5.75 Å². The maximum atomic E-state index is 6.67. The quantitative estimate of drug-likeness (QED) is 0.709. The Hall–Kier alpha value is -1.47. The Morgan fingerprint density at radius 1 is 1.19 bits per heavy atom. The van der Waals surface area contributed by atoms with Gasteiger partial charge in [0.25, 0.3) is 0 Å². The molecule has 110 valence electrons. The summed E-state index contributed by atoms with van der Waals surface area (Å²) in [6.45, 7) is 7.31. The lowest BCUT2D eigenvalue weighted by atomic mass is 9.85. The Morgan fingerprint density at radius 3 is 2.71 bits per heavy atom. The second-order valence-electron chi connectivity index (χ2n) is 6.53. The largest absolute Gasteiger partial charge is 0.492 e. The third-order valence-electron chi connectivity index (χ3n) is 4.34. The predicted octanol–water partition coefficient (Wildman–Crippen LogP) is 5.19. The van der Waals surface area contributed by atoms with Gasteiger partial charge in [-0.2, -0.15) is 0 Å². The van der Waals surface area contributed by atoms with Gasteiger partial charge in [0.15, 0.2) is 0 Å². The molecule has 1 aliphatic heterocycles. The van der Waals surface area contributed by atoms with E-state index in [2.05, 4.69) is 63.2 Å². The van der Waals surface area contributed by atoms with Crippen LogP contribution in [-0.2, 0) is 11.8 Å². The molecule has 1 aliphatic rings. The van der Waals surface area contributed by atoms with Crippen molar-refractivity contribution in [1.82, 2.24) is 0 Å². The van der Waals surface area contributed by atoms with Gasteiger partial charge in [0.2, 0.25) is 0 Å². The lowest BCUT2D eigenvalue weighted by Crippen LogP contribution is -2.18.